The van der Waals surface area contributed by atoms with E-state index >= 15 is 0 Å². The van der Waals surface area contributed by atoms with Crippen molar-refractivity contribution in [2.75, 3.05) is 0 Å². The monoisotopic (exact) mass is 206 g/mol. The van der Waals surface area contributed by atoms with Crippen LogP contribution < -0.4 is 5.32 Å². The fraction of sp³-hybridized carbons (Fsp3) is 0.615. The van der Waals surface area contributed by atoms with Gasteiger partial charge in [0.2, 0.25) is 0 Å². The third-order valence-corrected chi connectivity index (χ3v) is 2.44. The van der Waals surface area contributed by atoms with Crippen LogP contribution in [0.15, 0.2) is 12.3 Å². The molecule has 1 rings (SSSR count). The number of rotatable bonds is 4. The number of nitrogens with zero attached hydrogens (tertiary/aromatic N) is 1. The lowest BCUT2D eigenvalue weighted by atomic mass is 10.0. The average Bonchev–Trinajstić information content (AvgIpc) is 2.14. The Balaban J connectivity index is 2.73. The summed E-state index contributed by atoms with van der Waals surface area (Å²) in [4.78, 5) is 4.52. The van der Waals surface area contributed by atoms with Crippen LogP contribution in [-0.2, 0) is 6.54 Å². The maximum absolute atomic E-state index is 4.52. The number of aromatic nitrogens is 1. The van der Waals surface area contributed by atoms with Gasteiger partial charge in [0.05, 0.1) is 0 Å². The third kappa shape index (κ3) is 3.63. The molecule has 0 radical (unpaired) electrons. The van der Waals surface area contributed by atoms with Gasteiger partial charge >= 0.3 is 0 Å². The molecule has 2 heteroatoms. The molecule has 0 aromatic carbocycles. The maximum Gasteiger partial charge on any atom is 0.0458 e. The first-order chi connectivity index (χ1) is 7.00. The minimum Gasteiger partial charge on any atom is -0.310 e. The zero-order valence-corrected chi connectivity index (χ0v) is 10.5. The Hall–Kier alpha value is -0.890. The molecule has 0 aliphatic carbocycles. The highest BCUT2D eigenvalue weighted by Crippen LogP contribution is 2.16. The lowest BCUT2D eigenvalue weighted by molar-refractivity contribution is 0.587. The van der Waals surface area contributed by atoms with Crippen LogP contribution in [0.5, 0.6) is 0 Å². The lowest BCUT2D eigenvalue weighted by Gasteiger charge is -2.12. The van der Waals surface area contributed by atoms with Gasteiger partial charge in [0.1, 0.15) is 0 Å². The standard InChI is InChI=1S/C13H22N2/c1-9(2)13-11(5)6-12(8-15-13)7-14-10(3)4/h6,8-10,14H,7H2,1-5H3. The topological polar surface area (TPSA) is 24.9 Å². The van der Waals surface area contributed by atoms with Gasteiger partial charge in [0.25, 0.3) is 0 Å². The van der Waals surface area contributed by atoms with Crippen molar-refractivity contribution in [3.63, 3.8) is 0 Å². The summed E-state index contributed by atoms with van der Waals surface area (Å²) in [6, 6.07) is 2.76. The zero-order chi connectivity index (χ0) is 11.4. The summed E-state index contributed by atoms with van der Waals surface area (Å²) >= 11 is 0. The Bertz CT molecular complexity index is 316. The molecule has 1 heterocycles. The molecule has 0 atom stereocenters. The highest BCUT2D eigenvalue weighted by Gasteiger charge is 2.05. The van der Waals surface area contributed by atoms with Gasteiger partial charge in [-0.15, -0.1) is 0 Å². The number of pyridine rings is 1. The van der Waals surface area contributed by atoms with E-state index in [9.17, 15) is 0 Å². The van der Waals surface area contributed by atoms with Crippen molar-refractivity contribution in [2.45, 2.75) is 53.1 Å². The van der Waals surface area contributed by atoms with Gasteiger partial charge in [-0.25, -0.2) is 0 Å². The largest absolute Gasteiger partial charge is 0.310 e. The first-order valence-electron chi connectivity index (χ1n) is 5.69. The molecule has 2 nitrogen and oxygen atoms in total. The molecule has 1 aromatic heterocycles. The second kappa shape index (κ2) is 5.26. The predicted molar refractivity (Wildman–Crippen MR) is 65.0 cm³/mol. The summed E-state index contributed by atoms with van der Waals surface area (Å²) in [5.41, 5.74) is 3.78. The molecule has 0 unspecified atom stereocenters. The molecule has 0 amide bonds. The highest BCUT2D eigenvalue weighted by molar-refractivity contribution is 5.26. The van der Waals surface area contributed by atoms with E-state index in [1.54, 1.807) is 0 Å². The minimum absolute atomic E-state index is 0.511. The Kier molecular flexibility index (Phi) is 4.28. The lowest BCUT2D eigenvalue weighted by Crippen LogP contribution is -2.22. The summed E-state index contributed by atoms with van der Waals surface area (Å²) in [6.07, 6.45) is 1.98. The van der Waals surface area contributed by atoms with Gasteiger partial charge in [-0.3, -0.25) is 4.98 Å². The second-order valence-electron chi connectivity index (χ2n) is 4.74. The summed E-state index contributed by atoms with van der Waals surface area (Å²) in [5, 5.41) is 3.40. The molecule has 1 aromatic rings. The van der Waals surface area contributed by atoms with Crippen molar-refractivity contribution in [3.05, 3.63) is 29.1 Å². The van der Waals surface area contributed by atoms with E-state index < -0.39 is 0 Å². The SMILES string of the molecule is Cc1cc(CNC(C)C)cnc1C(C)C. The fourth-order valence-electron chi connectivity index (χ4n) is 1.67. The Morgan fingerprint density at radius 2 is 1.93 bits per heavy atom. The molecule has 0 saturated carbocycles. The van der Waals surface area contributed by atoms with Gasteiger partial charge in [-0.2, -0.15) is 0 Å². The number of hydrogen-bond donors (Lipinski definition) is 1. The molecule has 15 heavy (non-hydrogen) atoms. The summed E-state index contributed by atoms with van der Waals surface area (Å²) in [6.45, 7) is 11.7. The quantitative estimate of drug-likeness (QED) is 0.819. The van der Waals surface area contributed by atoms with Gasteiger partial charge < -0.3 is 5.32 Å². The number of hydrogen-bond acceptors (Lipinski definition) is 2. The van der Waals surface area contributed by atoms with Crippen LogP contribution in [0.3, 0.4) is 0 Å². The molecular weight excluding hydrogens is 184 g/mol. The normalized spacial score (nSPS) is 11.4. The van der Waals surface area contributed by atoms with Crippen molar-refractivity contribution in [1.82, 2.24) is 10.3 Å². The third-order valence-electron chi connectivity index (χ3n) is 2.44. The zero-order valence-electron chi connectivity index (χ0n) is 10.5. The second-order valence-corrected chi connectivity index (χ2v) is 4.74. The van der Waals surface area contributed by atoms with Gasteiger partial charge in [0, 0.05) is 24.5 Å². The molecule has 0 aliphatic heterocycles. The van der Waals surface area contributed by atoms with E-state index in [0.717, 1.165) is 6.54 Å². The van der Waals surface area contributed by atoms with Crippen LogP contribution >= 0.6 is 0 Å². The van der Waals surface area contributed by atoms with Crippen LogP contribution in [0.4, 0.5) is 0 Å². The van der Waals surface area contributed by atoms with Crippen molar-refractivity contribution in [2.24, 2.45) is 0 Å². The highest BCUT2D eigenvalue weighted by atomic mass is 14.9. The number of aryl methyl sites for hydroxylation is 1. The van der Waals surface area contributed by atoms with Gasteiger partial charge in [0.15, 0.2) is 0 Å². The first-order valence-corrected chi connectivity index (χ1v) is 5.69. The fourth-order valence-corrected chi connectivity index (χ4v) is 1.67. The summed E-state index contributed by atoms with van der Waals surface area (Å²) in [7, 11) is 0. The van der Waals surface area contributed by atoms with Crippen molar-refractivity contribution in [3.8, 4) is 0 Å². The first kappa shape index (κ1) is 12.2. The van der Waals surface area contributed by atoms with E-state index in [-0.39, 0.29) is 0 Å². The number of nitrogens with one attached hydrogen (secondary N) is 1. The van der Waals surface area contributed by atoms with Crippen LogP contribution in [0.2, 0.25) is 0 Å². The molecule has 0 aliphatic rings. The van der Waals surface area contributed by atoms with Crippen molar-refractivity contribution in [1.29, 1.82) is 0 Å². The van der Waals surface area contributed by atoms with Crippen LogP contribution in [-0.4, -0.2) is 11.0 Å². The minimum atomic E-state index is 0.511. The Morgan fingerprint density at radius 1 is 1.27 bits per heavy atom. The van der Waals surface area contributed by atoms with E-state index in [1.807, 2.05) is 6.20 Å². The molecule has 0 fully saturated rings. The van der Waals surface area contributed by atoms with Crippen LogP contribution in [0, 0.1) is 6.92 Å². The molecule has 84 valence electrons. The van der Waals surface area contributed by atoms with Crippen molar-refractivity contribution >= 4 is 0 Å². The van der Waals surface area contributed by atoms with E-state index in [1.165, 1.54) is 16.8 Å². The average molecular weight is 206 g/mol. The smallest absolute Gasteiger partial charge is 0.0458 e. The van der Waals surface area contributed by atoms with E-state index in [0.29, 0.717) is 12.0 Å². The summed E-state index contributed by atoms with van der Waals surface area (Å²) in [5.74, 6) is 0.511. The molecular formula is C13H22N2. The van der Waals surface area contributed by atoms with Gasteiger partial charge in [-0.1, -0.05) is 33.8 Å². The Labute approximate surface area is 93.1 Å². The maximum atomic E-state index is 4.52. The van der Waals surface area contributed by atoms with Crippen LogP contribution in [0.1, 0.15) is 50.4 Å². The van der Waals surface area contributed by atoms with E-state index in [2.05, 4.69) is 51.0 Å². The van der Waals surface area contributed by atoms with Gasteiger partial charge in [-0.05, 0) is 24.0 Å². The predicted octanol–water partition coefficient (Wildman–Crippen LogP) is 3.01. The van der Waals surface area contributed by atoms with Crippen LogP contribution in [0.25, 0.3) is 0 Å². The summed E-state index contributed by atoms with van der Waals surface area (Å²) < 4.78 is 0. The Morgan fingerprint density at radius 3 is 2.40 bits per heavy atom. The molecule has 0 saturated heterocycles. The van der Waals surface area contributed by atoms with E-state index in [4.69, 9.17) is 0 Å². The van der Waals surface area contributed by atoms with Crippen molar-refractivity contribution < 1.29 is 0 Å². The molecule has 0 spiro atoms. The molecule has 1 N–H and O–H groups in total. The molecule has 0 bridgehead atoms.